The topological polar surface area (TPSA) is 62.1 Å². The van der Waals surface area contributed by atoms with Gasteiger partial charge in [-0.3, -0.25) is 4.79 Å². The number of rotatable bonds is 4. The summed E-state index contributed by atoms with van der Waals surface area (Å²) in [6.07, 6.45) is -3.50. The van der Waals surface area contributed by atoms with Crippen LogP contribution in [0, 0.1) is 18.3 Å². The molecule has 0 aliphatic heterocycles. The van der Waals surface area contributed by atoms with Crippen LogP contribution in [-0.2, 0) is 4.79 Å². The maximum Gasteiger partial charge on any atom is 0.573 e. The second-order valence-electron chi connectivity index (χ2n) is 5.11. The number of amides is 1. The third-order valence-corrected chi connectivity index (χ3v) is 3.10. The van der Waals surface area contributed by atoms with Crippen LogP contribution in [0.2, 0.25) is 0 Å². The lowest BCUT2D eigenvalue weighted by Crippen LogP contribution is -2.17. The molecule has 0 fully saturated rings. The lowest BCUT2D eigenvalue weighted by atomic mass is 10.1. The molecule has 0 heterocycles. The highest BCUT2D eigenvalue weighted by Crippen LogP contribution is 2.23. The molecule has 4 nitrogen and oxygen atoms in total. The predicted molar refractivity (Wildman–Crippen MR) is 86.5 cm³/mol. The Morgan fingerprint density at radius 3 is 2.24 bits per heavy atom. The van der Waals surface area contributed by atoms with Crippen molar-refractivity contribution in [2.45, 2.75) is 13.3 Å². The Labute approximate surface area is 142 Å². The van der Waals surface area contributed by atoms with Gasteiger partial charge < -0.3 is 10.1 Å². The summed E-state index contributed by atoms with van der Waals surface area (Å²) in [4.78, 5) is 12.1. The Morgan fingerprint density at radius 1 is 1.12 bits per heavy atom. The third-order valence-electron chi connectivity index (χ3n) is 3.10. The fourth-order valence-corrected chi connectivity index (χ4v) is 1.92. The van der Waals surface area contributed by atoms with E-state index in [1.54, 1.807) is 18.2 Å². The van der Waals surface area contributed by atoms with E-state index >= 15 is 0 Å². The molecule has 0 saturated carbocycles. The van der Waals surface area contributed by atoms with Gasteiger partial charge in [-0.15, -0.1) is 13.2 Å². The molecule has 0 aliphatic carbocycles. The van der Waals surface area contributed by atoms with Gasteiger partial charge in [-0.25, -0.2) is 0 Å². The van der Waals surface area contributed by atoms with E-state index < -0.39 is 12.3 Å². The highest BCUT2D eigenvalue weighted by Gasteiger charge is 2.30. The second-order valence-corrected chi connectivity index (χ2v) is 5.11. The van der Waals surface area contributed by atoms with Crippen molar-refractivity contribution in [3.05, 3.63) is 65.2 Å². The summed E-state index contributed by atoms with van der Waals surface area (Å²) in [5, 5.41) is 11.7. The number of hydrogen-bond acceptors (Lipinski definition) is 3. The van der Waals surface area contributed by atoms with Crippen molar-refractivity contribution in [1.82, 2.24) is 0 Å². The van der Waals surface area contributed by atoms with E-state index in [0.29, 0.717) is 11.3 Å². The monoisotopic (exact) mass is 346 g/mol. The minimum atomic E-state index is -4.77. The van der Waals surface area contributed by atoms with Gasteiger partial charge in [-0.05, 0) is 42.8 Å². The number of hydrogen-bond donors (Lipinski definition) is 1. The van der Waals surface area contributed by atoms with Crippen molar-refractivity contribution in [2.24, 2.45) is 0 Å². The van der Waals surface area contributed by atoms with Crippen LogP contribution in [-0.4, -0.2) is 12.3 Å². The summed E-state index contributed by atoms with van der Waals surface area (Å²) < 4.78 is 40.1. The molecule has 0 unspecified atom stereocenters. The molecule has 2 aromatic rings. The van der Waals surface area contributed by atoms with Gasteiger partial charge in [0.2, 0.25) is 0 Å². The van der Waals surface area contributed by atoms with Crippen LogP contribution in [0.5, 0.6) is 5.75 Å². The molecule has 7 heteroatoms. The lowest BCUT2D eigenvalue weighted by molar-refractivity contribution is -0.274. The molecular weight excluding hydrogens is 333 g/mol. The number of ether oxygens (including phenoxy) is 1. The number of alkyl halides is 3. The average molecular weight is 346 g/mol. The van der Waals surface area contributed by atoms with Crippen molar-refractivity contribution in [3.63, 3.8) is 0 Å². The Hall–Kier alpha value is -3.27. The van der Waals surface area contributed by atoms with E-state index in [1.165, 1.54) is 18.2 Å². The first kappa shape index (κ1) is 18.1. The normalized spacial score (nSPS) is 11.6. The second kappa shape index (κ2) is 7.53. The number of carbonyl (C=O) groups excluding carboxylic acids is 1. The maximum absolute atomic E-state index is 12.1. The van der Waals surface area contributed by atoms with Crippen molar-refractivity contribution < 1.29 is 22.7 Å². The summed E-state index contributed by atoms with van der Waals surface area (Å²) >= 11 is 0. The van der Waals surface area contributed by atoms with Crippen LogP contribution >= 0.6 is 0 Å². The van der Waals surface area contributed by atoms with Gasteiger partial charge >= 0.3 is 6.36 Å². The smallest absolute Gasteiger partial charge is 0.406 e. The van der Waals surface area contributed by atoms with E-state index in [4.69, 9.17) is 5.26 Å². The Balaban J connectivity index is 2.12. The van der Waals surface area contributed by atoms with Crippen LogP contribution in [0.4, 0.5) is 18.9 Å². The number of nitriles is 1. The van der Waals surface area contributed by atoms with Crippen molar-refractivity contribution in [2.75, 3.05) is 5.32 Å². The molecule has 1 amide bonds. The summed E-state index contributed by atoms with van der Waals surface area (Å²) in [7, 11) is 0. The molecule has 0 aromatic heterocycles. The predicted octanol–water partition coefficient (Wildman–Crippen LogP) is 4.44. The number of nitrogens with one attached hydrogen (secondary N) is 1. The molecule has 0 bridgehead atoms. The van der Waals surface area contributed by atoms with Gasteiger partial charge in [0.15, 0.2) is 0 Å². The first-order chi connectivity index (χ1) is 11.8. The maximum atomic E-state index is 12.1. The molecule has 128 valence electrons. The number of carbonyl (C=O) groups is 1. The molecule has 0 radical (unpaired) electrons. The minimum Gasteiger partial charge on any atom is -0.406 e. The molecule has 2 aromatic carbocycles. The Morgan fingerprint density at radius 2 is 1.72 bits per heavy atom. The number of anilines is 1. The molecule has 0 aliphatic rings. The molecule has 0 spiro atoms. The van der Waals surface area contributed by atoms with Crippen LogP contribution in [0.25, 0.3) is 6.08 Å². The van der Waals surface area contributed by atoms with Gasteiger partial charge in [0.25, 0.3) is 5.91 Å². The number of aryl methyl sites for hydroxylation is 1. The van der Waals surface area contributed by atoms with E-state index in [1.807, 2.05) is 19.1 Å². The van der Waals surface area contributed by atoms with E-state index in [-0.39, 0.29) is 11.3 Å². The first-order valence-corrected chi connectivity index (χ1v) is 7.12. The number of halogens is 3. The minimum absolute atomic E-state index is 0.176. The zero-order valence-electron chi connectivity index (χ0n) is 13.1. The molecule has 2 rings (SSSR count). The highest BCUT2D eigenvalue weighted by atomic mass is 19.4. The fourth-order valence-electron chi connectivity index (χ4n) is 1.92. The first-order valence-electron chi connectivity index (χ1n) is 7.12. The van der Waals surface area contributed by atoms with Gasteiger partial charge in [0, 0.05) is 5.69 Å². The quantitative estimate of drug-likeness (QED) is 0.658. The Bertz CT molecular complexity index is 817. The fraction of sp³-hybridized carbons (Fsp3) is 0.111. The molecular formula is C18H13F3N2O2. The summed E-state index contributed by atoms with van der Waals surface area (Å²) in [6, 6.07) is 13.6. The van der Waals surface area contributed by atoms with Gasteiger partial charge in [0.1, 0.15) is 17.4 Å². The van der Waals surface area contributed by atoms with Crippen molar-refractivity contribution in [1.29, 1.82) is 5.26 Å². The van der Waals surface area contributed by atoms with E-state index in [0.717, 1.165) is 17.7 Å². The zero-order valence-corrected chi connectivity index (χ0v) is 13.1. The van der Waals surface area contributed by atoms with Gasteiger partial charge in [-0.2, -0.15) is 5.26 Å². The van der Waals surface area contributed by atoms with Crippen molar-refractivity contribution in [3.8, 4) is 11.8 Å². The summed E-state index contributed by atoms with van der Waals surface area (Å²) in [6.45, 7) is 1.90. The van der Waals surface area contributed by atoms with Crippen LogP contribution in [0.15, 0.2) is 54.1 Å². The van der Waals surface area contributed by atoms with E-state index in [9.17, 15) is 18.0 Å². The third kappa shape index (κ3) is 5.70. The van der Waals surface area contributed by atoms with Gasteiger partial charge in [-0.1, -0.05) is 29.8 Å². The standard InChI is InChI=1S/C18H13F3N2O2/c1-12-2-6-15(7-3-12)23-17(24)14(11-22)10-13-4-8-16(9-5-13)25-18(19,20)21/h2-10H,1H3,(H,23,24)/b14-10+. The zero-order chi connectivity index (χ0) is 18.4. The largest absolute Gasteiger partial charge is 0.573 e. The molecule has 25 heavy (non-hydrogen) atoms. The van der Waals surface area contributed by atoms with Crippen LogP contribution < -0.4 is 10.1 Å². The average Bonchev–Trinajstić information content (AvgIpc) is 2.54. The summed E-state index contributed by atoms with van der Waals surface area (Å²) in [5.41, 5.74) is 1.77. The number of nitrogens with zero attached hydrogens (tertiary/aromatic N) is 1. The Kier molecular flexibility index (Phi) is 5.45. The lowest BCUT2D eigenvalue weighted by Gasteiger charge is -2.08. The van der Waals surface area contributed by atoms with E-state index in [2.05, 4.69) is 10.1 Å². The molecule has 0 atom stereocenters. The van der Waals surface area contributed by atoms with Crippen LogP contribution in [0.1, 0.15) is 11.1 Å². The molecule has 0 saturated heterocycles. The van der Waals surface area contributed by atoms with Crippen LogP contribution in [0.3, 0.4) is 0 Å². The molecule has 1 N–H and O–H groups in total. The highest BCUT2D eigenvalue weighted by molar-refractivity contribution is 6.09. The number of benzene rings is 2. The SMILES string of the molecule is Cc1ccc(NC(=O)/C(C#N)=C/c2ccc(OC(F)(F)F)cc2)cc1. The summed E-state index contributed by atoms with van der Waals surface area (Å²) in [5.74, 6) is -0.991. The van der Waals surface area contributed by atoms with Gasteiger partial charge in [0.05, 0.1) is 0 Å². The van der Waals surface area contributed by atoms with Crippen molar-refractivity contribution >= 4 is 17.7 Å².